The van der Waals surface area contributed by atoms with Crippen LogP contribution < -0.4 is 0 Å². The van der Waals surface area contributed by atoms with Gasteiger partial charge in [0, 0.05) is 12.6 Å². The number of Topliss-reactive ketones (excluding diaryl/α,β-unsaturated/α-hetero) is 1. The van der Waals surface area contributed by atoms with Crippen molar-refractivity contribution in [2.24, 2.45) is 5.92 Å². The first-order valence-corrected chi connectivity index (χ1v) is 7.09. The van der Waals surface area contributed by atoms with E-state index in [1.807, 2.05) is 18.2 Å². The lowest BCUT2D eigenvalue weighted by Gasteiger charge is -2.35. The quantitative estimate of drug-likeness (QED) is 0.623. The number of ether oxygens (including phenoxy) is 1. The minimum absolute atomic E-state index is 0.0301. The number of rotatable bonds is 4. The zero-order valence-electron chi connectivity index (χ0n) is 12.0. The molecule has 0 saturated carbocycles. The summed E-state index contributed by atoms with van der Waals surface area (Å²) in [7, 11) is 0. The van der Waals surface area contributed by atoms with Crippen molar-refractivity contribution in [3.8, 4) is 0 Å². The molecule has 0 bridgehead atoms. The molecule has 0 radical (unpaired) electrons. The predicted molar refractivity (Wildman–Crippen MR) is 76.1 cm³/mol. The van der Waals surface area contributed by atoms with E-state index in [-0.39, 0.29) is 17.8 Å². The summed E-state index contributed by atoms with van der Waals surface area (Å²) in [5.74, 6) is -0.988. The number of likely N-dealkylation sites (tertiary alicyclic amines) is 1. The van der Waals surface area contributed by atoms with Crippen LogP contribution in [0.1, 0.15) is 25.8 Å². The minimum Gasteiger partial charge on any atom is -0.465 e. The first-order valence-electron chi connectivity index (χ1n) is 7.09. The molecule has 1 aromatic carbocycles. The summed E-state index contributed by atoms with van der Waals surface area (Å²) in [5, 5.41) is 0. The number of hydrogen-bond acceptors (Lipinski definition) is 4. The van der Waals surface area contributed by atoms with Gasteiger partial charge in [-0.1, -0.05) is 30.3 Å². The van der Waals surface area contributed by atoms with E-state index in [1.54, 1.807) is 6.92 Å². The van der Waals surface area contributed by atoms with Gasteiger partial charge in [0.15, 0.2) is 5.78 Å². The van der Waals surface area contributed by atoms with Crippen LogP contribution in [-0.2, 0) is 20.9 Å². The minimum atomic E-state index is -0.586. The summed E-state index contributed by atoms with van der Waals surface area (Å²) in [4.78, 5) is 26.0. The Kier molecular flexibility index (Phi) is 4.90. The van der Waals surface area contributed by atoms with E-state index in [2.05, 4.69) is 24.0 Å². The molecule has 2 unspecified atom stereocenters. The third-order valence-electron chi connectivity index (χ3n) is 3.75. The second kappa shape index (κ2) is 6.66. The van der Waals surface area contributed by atoms with E-state index in [0.29, 0.717) is 19.6 Å². The molecule has 4 nitrogen and oxygen atoms in total. The van der Waals surface area contributed by atoms with E-state index in [9.17, 15) is 9.59 Å². The summed E-state index contributed by atoms with van der Waals surface area (Å²) in [6, 6.07) is 10.3. The van der Waals surface area contributed by atoms with Crippen LogP contribution >= 0.6 is 0 Å². The molecule has 108 valence electrons. The Labute approximate surface area is 119 Å². The third-order valence-corrected chi connectivity index (χ3v) is 3.75. The lowest BCUT2D eigenvalue weighted by Crippen LogP contribution is -2.48. The van der Waals surface area contributed by atoms with Gasteiger partial charge >= 0.3 is 5.97 Å². The molecule has 0 N–H and O–H groups in total. The number of piperidine rings is 1. The summed E-state index contributed by atoms with van der Waals surface area (Å²) in [6.45, 7) is 5.20. The molecule has 2 atom stereocenters. The lowest BCUT2D eigenvalue weighted by molar-refractivity contribution is -0.154. The number of carbonyl (C=O) groups is 2. The van der Waals surface area contributed by atoms with Gasteiger partial charge < -0.3 is 4.74 Å². The standard InChI is InChI=1S/C16H21NO3/c1-3-20-16(19)14-9-12(2)17(11-15(14)18)10-13-7-5-4-6-8-13/h4-8,12,14H,3,9-11H2,1-2H3. The van der Waals surface area contributed by atoms with Crippen molar-refractivity contribution < 1.29 is 14.3 Å². The van der Waals surface area contributed by atoms with Gasteiger partial charge in [-0.25, -0.2) is 0 Å². The summed E-state index contributed by atoms with van der Waals surface area (Å²) < 4.78 is 4.98. The Morgan fingerprint density at radius 3 is 2.70 bits per heavy atom. The molecule has 1 aliphatic heterocycles. The van der Waals surface area contributed by atoms with Crippen LogP contribution in [0.25, 0.3) is 0 Å². The Bertz CT molecular complexity index is 472. The molecule has 1 aromatic rings. The van der Waals surface area contributed by atoms with Gasteiger partial charge in [-0.3, -0.25) is 14.5 Å². The molecule has 0 aromatic heterocycles. The molecule has 1 fully saturated rings. The molecule has 0 aliphatic carbocycles. The van der Waals surface area contributed by atoms with Crippen molar-refractivity contribution in [1.29, 1.82) is 0 Å². The number of carbonyl (C=O) groups excluding carboxylic acids is 2. The highest BCUT2D eigenvalue weighted by atomic mass is 16.5. The summed E-state index contributed by atoms with van der Waals surface area (Å²) >= 11 is 0. The van der Waals surface area contributed by atoms with Gasteiger partial charge in [-0.05, 0) is 25.8 Å². The maximum absolute atomic E-state index is 12.1. The maximum atomic E-state index is 12.1. The molecule has 1 saturated heterocycles. The smallest absolute Gasteiger partial charge is 0.316 e. The Morgan fingerprint density at radius 2 is 2.05 bits per heavy atom. The monoisotopic (exact) mass is 275 g/mol. The van der Waals surface area contributed by atoms with Crippen LogP contribution in [0, 0.1) is 5.92 Å². The average molecular weight is 275 g/mol. The van der Waals surface area contributed by atoms with Gasteiger partial charge in [0.2, 0.25) is 0 Å². The highest BCUT2D eigenvalue weighted by Gasteiger charge is 2.37. The van der Waals surface area contributed by atoms with Crippen molar-refractivity contribution in [2.75, 3.05) is 13.2 Å². The zero-order valence-corrected chi connectivity index (χ0v) is 12.0. The predicted octanol–water partition coefficient (Wildman–Crippen LogP) is 2.03. The zero-order chi connectivity index (χ0) is 14.5. The lowest BCUT2D eigenvalue weighted by atomic mass is 9.90. The molecular weight excluding hydrogens is 254 g/mol. The van der Waals surface area contributed by atoms with Crippen molar-refractivity contribution in [2.45, 2.75) is 32.9 Å². The third kappa shape index (κ3) is 3.45. The van der Waals surface area contributed by atoms with E-state index >= 15 is 0 Å². The van der Waals surface area contributed by atoms with Crippen molar-refractivity contribution in [1.82, 2.24) is 4.90 Å². The molecule has 0 amide bonds. The number of nitrogens with zero attached hydrogens (tertiary/aromatic N) is 1. The van der Waals surface area contributed by atoms with E-state index in [4.69, 9.17) is 4.74 Å². The molecule has 20 heavy (non-hydrogen) atoms. The van der Waals surface area contributed by atoms with E-state index in [0.717, 1.165) is 6.54 Å². The normalized spacial score (nSPS) is 23.6. The molecule has 0 spiro atoms. The highest BCUT2D eigenvalue weighted by Crippen LogP contribution is 2.23. The number of ketones is 1. The van der Waals surface area contributed by atoms with Crippen molar-refractivity contribution in [3.63, 3.8) is 0 Å². The van der Waals surface area contributed by atoms with E-state index < -0.39 is 5.92 Å². The molecular formula is C16H21NO3. The topological polar surface area (TPSA) is 46.6 Å². The van der Waals surface area contributed by atoms with Crippen LogP contribution in [0.5, 0.6) is 0 Å². The Morgan fingerprint density at radius 1 is 1.35 bits per heavy atom. The van der Waals surface area contributed by atoms with Crippen LogP contribution in [0.2, 0.25) is 0 Å². The second-order valence-corrected chi connectivity index (χ2v) is 5.25. The van der Waals surface area contributed by atoms with E-state index in [1.165, 1.54) is 5.56 Å². The van der Waals surface area contributed by atoms with Crippen molar-refractivity contribution in [3.05, 3.63) is 35.9 Å². The van der Waals surface area contributed by atoms with Gasteiger partial charge in [-0.2, -0.15) is 0 Å². The number of esters is 1. The Hall–Kier alpha value is -1.68. The SMILES string of the molecule is CCOC(=O)C1CC(C)N(Cc2ccccc2)CC1=O. The highest BCUT2D eigenvalue weighted by molar-refractivity contribution is 6.00. The van der Waals surface area contributed by atoms with Gasteiger partial charge in [0.05, 0.1) is 13.2 Å². The average Bonchev–Trinajstić information content (AvgIpc) is 2.44. The van der Waals surface area contributed by atoms with Crippen LogP contribution in [0.3, 0.4) is 0 Å². The maximum Gasteiger partial charge on any atom is 0.316 e. The fourth-order valence-corrected chi connectivity index (χ4v) is 2.59. The molecule has 1 aliphatic rings. The first kappa shape index (κ1) is 14.7. The largest absolute Gasteiger partial charge is 0.465 e. The molecule has 4 heteroatoms. The molecule has 1 heterocycles. The Balaban J connectivity index is 1.99. The van der Waals surface area contributed by atoms with Crippen LogP contribution in [0.4, 0.5) is 0 Å². The van der Waals surface area contributed by atoms with Gasteiger partial charge in [0.25, 0.3) is 0 Å². The van der Waals surface area contributed by atoms with Crippen molar-refractivity contribution >= 4 is 11.8 Å². The number of hydrogen-bond donors (Lipinski definition) is 0. The van der Waals surface area contributed by atoms with Gasteiger partial charge in [0.1, 0.15) is 5.92 Å². The van der Waals surface area contributed by atoms with Crippen LogP contribution in [-0.4, -0.2) is 35.8 Å². The van der Waals surface area contributed by atoms with Crippen LogP contribution in [0.15, 0.2) is 30.3 Å². The first-order chi connectivity index (χ1) is 9.61. The molecule has 2 rings (SSSR count). The fraction of sp³-hybridized carbons (Fsp3) is 0.500. The van der Waals surface area contributed by atoms with Gasteiger partial charge in [-0.15, -0.1) is 0 Å². The number of benzene rings is 1. The fourth-order valence-electron chi connectivity index (χ4n) is 2.59. The second-order valence-electron chi connectivity index (χ2n) is 5.25. The summed E-state index contributed by atoms with van der Waals surface area (Å²) in [6.07, 6.45) is 0.546. The summed E-state index contributed by atoms with van der Waals surface area (Å²) in [5.41, 5.74) is 1.18.